The molecule has 0 bridgehead atoms. The van der Waals surface area contributed by atoms with Crippen LogP contribution in [0.15, 0.2) is 63.4 Å². The Morgan fingerprint density at radius 3 is 2.06 bits per heavy atom. The smallest absolute Gasteiger partial charge is 0.416 e. The number of nitrogens with one attached hydrogen (secondary N) is 1. The number of esters is 2. The minimum atomic E-state index is -4.50. The molecule has 0 spiro atoms. The normalized spacial score (nSPS) is 15.1. The number of carbonyl (C=O) groups excluding carboxylic acids is 2. The number of carbonyl (C=O) groups is 2. The molecular formula is C22H20F3NO5. The van der Waals surface area contributed by atoms with Crippen LogP contribution >= 0.6 is 0 Å². The van der Waals surface area contributed by atoms with Crippen LogP contribution in [0.4, 0.5) is 13.2 Å². The third-order valence-electron chi connectivity index (χ3n) is 4.96. The van der Waals surface area contributed by atoms with E-state index in [0.29, 0.717) is 11.4 Å². The summed E-state index contributed by atoms with van der Waals surface area (Å²) in [5.41, 5.74) is 0.576. The van der Waals surface area contributed by atoms with E-state index >= 15 is 0 Å². The molecule has 1 aromatic heterocycles. The minimum absolute atomic E-state index is 0.137. The number of halogens is 3. The van der Waals surface area contributed by atoms with Gasteiger partial charge in [-0.15, -0.1) is 0 Å². The van der Waals surface area contributed by atoms with Gasteiger partial charge in [0.15, 0.2) is 0 Å². The second-order valence-electron chi connectivity index (χ2n) is 6.90. The van der Waals surface area contributed by atoms with E-state index in [1.807, 2.05) is 0 Å². The molecule has 0 atom stereocenters. The first-order valence-corrected chi connectivity index (χ1v) is 9.21. The van der Waals surface area contributed by atoms with Gasteiger partial charge in [-0.05, 0) is 38.1 Å². The number of methoxy groups -OCH3 is 2. The fourth-order valence-corrected chi connectivity index (χ4v) is 3.55. The van der Waals surface area contributed by atoms with Gasteiger partial charge in [0.05, 0.1) is 36.8 Å². The SMILES string of the molecule is COC(=O)C1=C(C)NC(C)=C(C(=O)OC)C1c1ccc(-c2cccc(C(F)(F)F)c2)o1. The van der Waals surface area contributed by atoms with E-state index in [-0.39, 0.29) is 28.2 Å². The summed E-state index contributed by atoms with van der Waals surface area (Å²) in [6.07, 6.45) is -4.50. The molecule has 0 saturated heterocycles. The van der Waals surface area contributed by atoms with Crippen molar-refractivity contribution in [1.82, 2.24) is 5.32 Å². The third kappa shape index (κ3) is 4.21. The van der Waals surface area contributed by atoms with Gasteiger partial charge in [0.2, 0.25) is 0 Å². The van der Waals surface area contributed by atoms with Crippen LogP contribution in [-0.4, -0.2) is 26.2 Å². The third-order valence-corrected chi connectivity index (χ3v) is 4.96. The van der Waals surface area contributed by atoms with Crippen LogP contribution in [0.2, 0.25) is 0 Å². The fraction of sp³-hybridized carbons (Fsp3) is 0.273. The molecule has 0 aliphatic carbocycles. The molecule has 164 valence electrons. The highest BCUT2D eigenvalue weighted by atomic mass is 19.4. The number of furan rings is 1. The van der Waals surface area contributed by atoms with Crippen molar-refractivity contribution < 1.29 is 36.7 Å². The summed E-state index contributed by atoms with van der Waals surface area (Å²) in [5.74, 6) is -1.97. The minimum Gasteiger partial charge on any atom is -0.466 e. The van der Waals surface area contributed by atoms with E-state index in [0.717, 1.165) is 12.1 Å². The number of dihydropyridines is 1. The van der Waals surface area contributed by atoms with Crippen molar-refractivity contribution in [2.75, 3.05) is 14.2 Å². The lowest BCUT2D eigenvalue weighted by molar-refractivity contribution is -0.138. The predicted molar refractivity (Wildman–Crippen MR) is 104 cm³/mol. The summed E-state index contributed by atoms with van der Waals surface area (Å²) in [6.45, 7) is 3.29. The van der Waals surface area contributed by atoms with Crippen LogP contribution in [0.5, 0.6) is 0 Å². The Balaban J connectivity index is 2.13. The molecule has 1 N–H and O–H groups in total. The maximum absolute atomic E-state index is 13.1. The molecule has 1 aliphatic heterocycles. The van der Waals surface area contributed by atoms with E-state index in [1.165, 1.54) is 38.5 Å². The Labute approximate surface area is 176 Å². The lowest BCUT2D eigenvalue weighted by Crippen LogP contribution is -2.31. The maximum Gasteiger partial charge on any atom is 0.416 e. The lowest BCUT2D eigenvalue weighted by atomic mass is 9.83. The van der Waals surface area contributed by atoms with Crippen molar-refractivity contribution in [3.8, 4) is 11.3 Å². The Morgan fingerprint density at radius 2 is 1.55 bits per heavy atom. The highest BCUT2D eigenvalue weighted by Crippen LogP contribution is 2.41. The molecule has 1 aromatic carbocycles. The fourth-order valence-electron chi connectivity index (χ4n) is 3.55. The van der Waals surface area contributed by atoms with Crippen LogP contribution in [0.25, 0.3) is 11.3 Å². The van der Waals surface area contributed by atoms with E-state index < -0.39 is 29.6 Å². The molecule has 2 aromatic rings. The van der Waals surface area contributed by atoms with Gasteiger partial charge in [-0.25, -0.2) is 9.59 Å². The largest absolute Gasteiger partial charge is 0.466 e. The summed E-state index contributed by atoms with van der Waals surface area (Å²) in [5, 5.41) is 2.96. The van der Waals surface area contributed by atoms with Gasteiger partial charge in [-0.1, -0.05) is 12.1 Å². The number of benzene rings is 1. The number of ether oxygens (including phenoxy) is 2. The van der Waals surface area contributed by atoms with Crippen molar-refractivity contribution in [2.45, 2.75) is 25.9 Å². The van der Waals surface area contributed by atoms with E-state index in [4.69, 9.17) is 13.9 Å². The molecule has 2 heterocycles. The van der Waals surface area contributed by atoms with Gasteiger partial charge in [0.1, 0.15) is 11.5 Å². The van der Waals surface area contributed by atoms with Gasteiger partial charge >= 0.3 is 18.1 Å². The predicted octanol–water partition coefficient (Wildman–Crippen LogP) is 4.55. The molecule has 3 rings (SSSR count). The molecule has 0 unspecified atom stereocenters. The Morgan fingerprint density at radius 1 is 0.968 bits per heavy atom. The molecule has 9 heteroatoms. The highest BCUT2D eigenvalue weighted by Gasteiger charge is 2.39. The van der Waals surface area contributed by atoms with Crippen molar-refractivity contribution in [3.63, 3.8) is 0 Å². The zero-order chi connectivity index (χ0) is 22.9. The van der Waals surface area contributed by atoms with Crippen molar-refractivity contribution >= 4 is 11.9 Å². The number of hydrogen-bond acceptors (Lipinski definition) is 6. The number of allylic oxidation sites excluding steroid dienone is 2. The molecule has 31 heavy (non-hydrogen) atoms. The molecule has 0 radical (unpaired) electrons. The maximum atomic E-state index is 13.1. The van der Waals surface area contributed by atoms with Crippen LogP contribution in [0, 0.1) is 0 Å². The summed E-state index contributed by atoms with van der Waals surface area (Å²) in [6, 6.07) is 7.68. The van der Waals surface area contributed by atoms with Crippen molar-refractivity contribution in [3.05, 3.63) is 70.3 Å². The number of alkyl halides is 3. The van der Waals surface area contributed by atoms with Crippen LogP contribution in [0.3, 0.4) is 0 Å². The first-order valence-electron chi connectivity index (χ1n) is 9.21. The summed E-state index contributed by atoms with van der Waals surface area (Å²) in [7, 11) is 2.41. The average molecular weight is 435 g/mol. The monoisotopic (exact) mass is 435 g/mol. The number of hydrogen-bond donors (Lipinski definition) is 1. The topological polar surface area (TPSA) is 77.8 Å². The van der Waals surface area contributed by atoms with E-state index in [1.54, 1.807) is 13.8 Å². The zero-order valence-corrected chi connectivity index (χ0v) is 17.2. The van der Waals surface area contributed by atoms with Crippen molar-refractivity contribution in [1.29, 1.82) is 0 Å². The molecule has 6 nitrogen and oxygen atoms in total. The van der Waals surface area contributed by atoms with Gasteiger partial charge in [-0.2, -0.15) is 13.2 Å². The Hall–Kier alpha value is -3.49. The number of rotatable bonds is 4. The Bertz CT molecular complexity index is 1060. The first kappa shape index (κ1) is 22.2. The van der Waals surface area contributed by atoms with Gasteiger partial charge in [0, 0.05) is 17.0 Å². The molecule has 0 saturated carbocycles. The highest BCUT2D eigenvalue weighted by molar-refractivity contribution is 5.99. The van der Waals surface area contributed by atoms with E-state index in [2.05, 4.69) is 5.32 Å². The van der Waals surface area contributed by atoms with Crippen LogP contribution in [0.1, 0.15) is 31.1 Å². The average Bonchev–Trinajstić information content (AvgIpc) is 3.21. The first-order chi connectivity index (χ1) is 14.6. The van der Waals surface area contributed by atoms with Gasteiger partial charge < -0.3 is 19.2 Å². The van der Waals surface area contributed by atoms with Crippen LogP contribution < -0.4 is 5.32 Å². The van der Waals surface area contributed by atoms with E-state index in [9.17, 15) is 22.8 Å². The van der Waals surface area contributed by atoms with Gasteiger partial charge in [-0.3, -0.25) is 0 Å². The standard InChI is InChI=1S/C22H20F3NO5/c1-11-17(20(27)29-3)19(18(12(2)26-11)21(28)30-4)16-9-8-15(31-16)13-6-5-7-14(10-13)22(23,24)25/h5-10,19,26H,1-4H3. The second-order valence-corrected chi connectivity index (χ2v) is 6.90. The molecule has 1 aliphatic rings. The zero-order valence-electron chi connectivity index (χ0n) is 17.2. The quantitative estimate of drug-likeness (QED) is 0.711. The molecule has 0 amide bonds. The molecule has 0 fully saturated rings. The lowest BCUT2D eigenvalue weighted by Gasteiger charge is -2.28. The summed E-state index contributed by atoms with van der Waals surface area (Å²) in [4.78, 5) is 25.0. The van der Waals surface area contributed by atoms with Gasteiger partial charge in [0.25, 0.3) is 0 Å². The second kappa shape index (κ2) is 8.33. The Kier molecular flexibility index (Phi) is 5.97. The van der Waals surface area contributed by atoms with Crippen molar-refractivity contribution in [2.24, 2.45) is 0 Å². The van der Waals surface area contributed by atoms with Crippen LogP contribution in [-0.2, 0) is 25.2 Å². The molecular weight excluding hydrogens is 415 g/mol. The summed E-state index contributed by atoms with van der Waals surface area (Å²) >= 11 is 0. The summed E-state index contributed by atoms with van der Waals surface area (Å²) < 4.78 is 54.8.